The maximum atomic E-state index is 11.5. The summed E-state index contributed by atoms with van der Waals surface area (Å²) in [7, 11) is 1.82. The molecule has 1 unspecified atom stereocenters. The second-order valence-corrected chi connectivity index (χ2v) is 6.30. The van der Waals surface area contributed by atoms with Crippen molar-refractivity contribution < 1.29 is 19.4 Å². The van der Waals surface area contributed by atoms with Gasteiger partial charge in [-0.1, -0.05) is 36.4 Å². The second-order valence-electron chi connectivity index (χ2n) is 6.30. The van der Waals surface area contributed by atoms with Crippen molar-refractivity contribution in [3.63, 3.8) is 0 Å². The molecule has 5 nitrogen and oxygen atoms in total. The average Bonchev–Trinajstić information content (AvgIpc) is 2.92. The van der Waals surface area contributed by atoms with Crippen molar-refractivity contribution in [1.82, 2.24) is 4.90 Å². The van der Waals surface area contributed by atoms with Gasteiger partial charge in [0.1, 0.15) is 12.4 Å². The predicted molar refractivity (Wildman–Crippen MR) is 94.5 cm³/mol. The summed E-state index contributed by atoms with van der Waals surface area (Å²) in [5.41, 5.74) is 2.86. The van der Waals surface area contributed by atoms with E-state index in [0.29, 0.717) is 13.0 Å². The fourth-order valence-electron chi connectivity index (χ4n) is 2.98. The number of amides is 1. The lowest BCUT2D eigenvalue weighted by atomic mass is 10.0. The van der Waals surface area contributed by atoms with E-state index >= 15 is 0 Å². The van der Waals surface area contributed by atoms with Gasteiger partial charge in [-0.3, -0.25) is 9.59 Å². The first-order valence-electron chi connectivity index (χ1n) is 8.32. The van der Waals surface area contributed by atoms with Crippen molar-refractivity contribution in [3.05, 3.63) is 54.1 Å². The molecule has 1 saturated heterocycles. The maximum Gasteiger partial charge on any atom is 0.307 e. The van der Waals surface area contributed by atoms with Crippen molar-refractivity contribution >= 4 is 11.9 Å². The molecule has 0 aromatic heterocycles. The minimum atomic E-state index is -0.830. The van der Waals surface area contributed by atoms with Gasteiger partial charge in [0.05, 0.1) is 12.5 Å². The molecule has 5 heteroatoms. The molecule has 3 rings (SSSR count). The van der Waals surface area contributed by atoms with Gasteiger partial charge in [0.2, 0.25) is 5.91 Å². The van der Waals surface area contributed by atoms with E-state index in [-0.39, 0.29) is 18.4 Å². The summed E-state index contributed by atoms with van der Waals surface area (Å²) in [4.78, 5) is 24.0. The molecule has 2 aromatic rings. The topological polar surface area (TPSA) is 66.8 Å². The van der Waals surface area contributed by atoms with Crippen molar-refractivity contribution in [2.45, 2.75) is 25.3 Å². The number of hydrogen-bond donors (Lipinski definition) is 1. The Labute approximate surface area is 146 Å². The number of ether oxygens (including phenoxy) is 1. The number of carbonyl (C=O) groups is 2. The molecule has 1 fully saturated rings. The summed E-state index contributed by atoms with van der Waals surface area (Å²) in [6, 6.07) is 15.4. The van der Waals surface area contributed by atoms with E-state index in [1.165, 1.54) is 0 Å². The van der Waals surface area contributed by atoms with Gasteiger partial charge in [0.25, 0.3) is 0 Å². The molecule has 25 heavy (non-hydrogen) atoms. The van der Waals surface area contributed by atoms with Crippen LogP contribution < -0.4 is 4.74 Å². The summed E-state index contributed by atoms with van der Waals surface area (Å²) >= 11 is 0. The molecular formula is C20H21NO4. The molecule has 1 aliphatic heterocycles. The third-order valence-electron chi connectivity index (χ3n) is 4.57. The first-order valence-corrected chi connectivity index (χ1v) is 8.32. The molecule has 1 atom stereocenters. The van der Waals surface area contributed by atoms with E-state index in [1.54, 1.807) is 4.90 Å². The zero-order valence-corrected chi connectivity index (χ0v) is 14.1. The van der Waals surface area contributed by atoms with Gasteiger partial charge >= 0.3 is 5.97 Å². The van der Waals surface area contributed by atoms with Crippen LogP contribution in [0, 0.1) is 0 Å². The van der Waals surface area contributed by atoms with E-state index in [0.717, 1.165) is 28.9 Å². The number of benzene rings is 2. The van der Waals surface area contributed by atoms with Gasteiger partial charge in [0, 0.05) is 13.5 Å². The highest BCUT2D eigenvalue weighted by atomic mass is 16.5. The number of likely N-dealkylation sites (N-methyl/N-ethyl adjacent to an activating group) is 1. The minimum absolute atomic E-state index is 0.0329. The number of nitrogens with zero attached hydrogens (tertiary/aromatic N) is 1. The first-order chi connectivity index (χ1) is 12.0. The number of hydrogen-bond acceptors (Lipinski definition) is 3. The monoisotopic (exact) mass is 339 g/mol. The Morgan fingerprint density at radius 3 is 2.24 bits per heavy atom. The molecule has 130 valence electrons. The van der Waals surface area contributed by atoms with Crippen LogP contribution in [-0.2, 0) is 16.0 Å². The zero-order chi connectivity index (χ0) is 17.8. The number of rotatable bonds is 6. The highest BCUT2D eigenvalue weighted by Crippen LogP contribution is 2.24. The Bertz CT molecular complexity index is 752. The van der Waals surface area contributed by atoms with Crippen LogP contribution in [0.5, 0.6) is 5.75 Å². The number of aliphatic carboxylic acids is 1. The fourth-order valence-corrected chi connectivity index (χ4v) is 2.98. The van der Waals surface area contributed by atoms with Gasteiger partial charge in [-0.05, 0) is 35.2 Å². The lowest BCUT2D eigenvalue weighted by Gasteiger charge is -2.20. The molecule has 1 amide bonds. The molecule has 1 aliphatic rings. The highest BCUT2D eigenvalue weighted by molar-refractivity contribution is 5.78. The van der Waals surface area contributed by atoms with E-state index in [4.69, 9.17) is 9.84 Å². The predicted octanol–water partition coefficient (Wildman–Crippen LogP) is 2.98. The van der Waals surface area contributed by atoms with E-state index in [2.05, 4.69) is 0 Å². The molecule has 0 radical (unpaired) electrons. The van der Waals surface area contributed by atoms with Gasteiger partial charge in [-0.2, -0.15) is 0 Å². The molecule has 2 aromatic carbocycles. The summed E-state index contributed by atoms with van der Waals surface area (Å²) in [5.74, 6) is 0.123. The van der Waals surface area contributed by atoms with E-state index < -0.39 is 5.97 Å². The number of carboxylic acids is 1. The summed E-state index contributed by atoms with van der Waals surface area (Å²) in [6.07, 6.45) is 1.47. The maximum absolute atomic E-state index is 11.5. The molecule has 0 spiro atoms. The van der Waals surface area contributed by atoms with Crippen molar-refractivity contribution in [2.24, 2.45) is 0 Å². The normalized spacial score (nSPS) is 16.9. The Balaban J connectivity index is 1.60. The summed E-state index contributed by atoms with van der Waals surface area (Å²) in [5, 5.41) is 8.81. The number of likely N-dealkylation sites (tertiary alicyclic amines) is 1. The molecule has 1 heterocycles. The SMILES string of the molecule is CN1C(=O)CCC1COc1ccc(-c2ccc(CC(=O)O)cc2)cc1. The van der Waals surface area contributed by atoms with Crippen LogP contribution in [0.3, 0.4) is 0 Å². The number of carboxylic acid groups (broad SMARTS) is 1. The molecule has 0 saturated carbocycles. The largest absolute Gasteiger partial charge is 0.491 e. The van der Waals surface area contributed by atoms with Crippen LogP contribution in [0.25, 0.3) is 11.1 Å². The fraction of sp³-hybridized carbons (Fsp3) is 0.300. The lowest BCUT2D eigenvalue weighted by molar-refractivity contribution is -0.136. The standard InChI is InChI=1S/C20H21NO4/c1-21-17(8-11-19(21)22)13-25-18-9-6-16(7-10-18)15-4-2-14(3-5-15)12-20(23)24/h2-7,9-10,17H,8,11-13H2,1H3,(H,23,24). The molecular weight excluding hydrogens is 318 g/mol. The molecule has 0 aliphatic carbocycles. The molecule has 1 N–H and O–H groups in total. The van der Waals surface area contributed by atoms with Gasteiger partial charge in [-0.15, -0.1) is 0 Å². The van der Waals surface area contributed by atoms with Crippen LogP contribution in [0.15, 0.2) is 48.5 Å². The number of carbonyl (C=O) groups excluding carboxylic acids is 1. The summed E-state index contributed by atoms with van der Waals surface area (Å²) in [6.45, 7) is 0.505. The van der Waals surface area contributed by atoms with Crippen molar-refractivity contribution in [2.75, 3.05) is 13.7 Å². The Morgan fingerprint density at radius 2 is 1.72 bits per heavy atom. The van der Waals surface area contributed by atoms with Gasteiger partial charge in [0.15, 0.2) is 0 Å². The molecule has 0 bridgehead atoms. The average molecular weight is 339 g/mol. The van der Waals surface area contributed by atoms with Crippen molar-refractivity contribution in [3.8, 4) is 16.9 Å². The van der Waals surface area contributed by atoms with Crippen molar-refractivity contribution in [1.29, 1.82) is 0 Å². The quantitative estimate of drug-likeness (QED) is 0.879. The first kappa shape index (κ1) is 17.0. The van der Waals surface area contributed by atoms with Gasteiger partial charge in [-0.25, -0.2) is 0 Å². The van der Waals surface area contributed by atoms with Crippen LogP contribution in [-0.4, -0.2) is 41.6 Å². The van der Waals surface area contributed by atoms with Crippen LogP contribution in [0.4, 0.5) is 0 Å². The van der Waals surface area contributed by atoms with Gasteiger partial charge < -0.3 is 14.7 Å². The Kier molecular flexibility index (Phi) is 5.03. The zero-order valence-electron chi connectivity index (χ0n) is 14.1. The van der Waals surface area contributed by atoms with Crippen LogP contribution in [0.1, 0.15) is 18.4 Å². The van der Waals surface area contributed by atoms with Crippen LogP contribution in [0.2, 0.25) is 0 Å². The van der Waals surface area contributed by atoms with Crippen LogP contribution >= 0.6 is 0 Å². The minimum Gasteiger partial charge on any atom is -0.491 e. The third-order valence-corrected chi connectivity index (χ3v) is 4.57. The van der Waals surface area contributed by atoms with E-state index in [1.807, 2.05) is 55.6 Å². The highest BCUT2D eigenvalue weighted by Gasteiger charge is 2.27. The lowest BCUT2D eigenvalue weighted by Crippen LogP contribution is -2.33. The second kappa shape index (κ2) is 7.38. The summed E-state index contributed by atoms with van der Waals surface area (Å²) < 4.78 is 5.80. The Morgan fingerprint density at radius 1 is 1.12 bits per heavy atom. The smallest absolute Gasteiger partial charge is 0.307 e. The van der Waals surface area contributed by atoms with E-state index in [9.17, 15) is 9.59 Å². The third kappa shape index (κ3) is 4.18. The Hall–Kier alpha value is -2.82.